The first-order valence-corrected chi connectivity index (χ1v) is 6.28. The molecule has 2 aromatic rings. The van der Waals surface area contributed by atoms with Gasteiger partial charge in [-0.25, -0.2) is 9.37 Å². The van der Waals surface area contributed by atoms with Crippen LogP contribution in [-0.2, 0) is 0 Å². The fraction of sp³-hybridized carbons (Fsp3) is 0.357. The molecule has 0 aliphatic carbocycles. The molecule has 1 saturated heterocycles. The second-order valence-electron chi connectivity index (χ2n) is 4.77. The number of hydrogen-bond acceptors (Lipinski definition) is 2. The standard InChI is InChI=1S/C14H16FN3/c1-10-7-11(15)4-5-13(10)18-9-16-8-14(18)12-3-2-6-17-12/h4-5,7-9,12,17H,2-3,6H2,1H3/t12-/m0/s1. The summed E-state index contributed by atoms with van der Waals surface area (Å²) >= 11 is 0. The third-order valence-corrected chi connectivity index (χ3v) is 3.50. The molecule has 2 heterocycles. The molecule has 1 aliphatic heterocycles. The van der Waals surface area contributed by atoms with Gasteiger partial charge in [-0.15, -0.1) is 0 Å². The molecular formula is C14H16FN3. The largest absolute Gasteiger partial charge is 0.309 e. The molecule has 0 unspecified atom stereocenters. The van der Waals surface area contributed by atoms with E-state index < -0.39 is 0 Å². The van der Waals surface area contributed by atoms with Crippen LogP contribution in [0.3, 0.4) is 0 Å². The Morgan fingerprint density at radius 1 is 1.44 bits per heavy atom. The van der Waals surface area contributed by atoms with Crippen molar-refractivity contribution in [3.8, 4) is 5.69 Å². The van der Waals surface area contributed by atoms with Crippen LogP contribution >= 0.6 is 0 Å². The molecule has 1 aliphatic rings. The first kappa shape index (κ1) is 11.4. The lowest BCUT2D eigenvalue weighted by atomic mass is 10.1. The summed E-state index contributed by atoms with van der Waals surface area (Å²) in [4.78, 5) is 4.24. The Kier molecular flexibility index (Phi) is 2.88. The van der Waals surface area contributed by atoms with Crippen molar-refractivity contribution in [3.05, 3.63) is 47.8 Å². The van der Waals surface area contributed by atoms with Crippen molar-refractivity contribution in [2.45, 2.75) is 25.8 Å². The Morgan fingerprint density at radius 3 is 3.06 bits per heavy atom. The van der Waals surface area contributed by atoms with Gasteiger partial charge in [0.15, 0.2) is 0 Å². The van der Waals surface area contributed by atoms with Gasteiger partial charge in [-0.2, -0.15) is 0 Å². The van der Waals surface area contributed by atoms with Crippen LogP contribution in [0.2, 0.25) is 0 Å². The van der Waals surface area contributed by atoms with E-state index in [1.54, 1.807) is 12.4 Å². The Labute approximate surface area is 106 Å². The number of aryl methyl sites for hydroxylation is 1. The summed E-state index contributed by atoms with van der Waals surface area (Å²) < 4.78 is 15.2. The second kappa shape index (κ2) is 4.53. The number of halogens is 1. The lowest BCUT2D eigenvalue weighted by Crippen LogP contribution is -2.16. The zero-order valence-corrected chi connectivity index (χ0v) is 10.4. The van der Waals surface area contributed by atoms with Crippen LogP contribution in [0.15, 0.2) is 30.7 Å². The van der Waals surface area contributed by atoms with E-state index in [4.69, 9.17) is 0 Å². The zero-order chi connectivity index (χ0) is 12.5. The molecule has 1 atom stereocenters. The highest BCUT2D eigenvalue weighted by molar-refractivity contribution is 5.42. The normalized spacial score (nSPS) is 19.3. The van der Waals surface area contributed by atoms with Crippen LogP contribution in [0, 0.1) is 12.7 Å². The first-order chi connectivity index (χ1) is 8.75. The summed E-state index contributed by atoms with van der Waals surface area (Å²) in [5.74, 6) is -0.197. The third-order valence-electron chi connectivity index (χ3n) is 3.50. The maximum Gasteiger partial charge on any atom is 0.123 e. The summed E-state index contributed by atoms with van der Waals surface area (Å²) in [6, 6.07) is 5.22. The molecule has 3 rings (SSSR count). The first-order valence-electron chi connectivity index (χ1n) is 6.28. The molecule has 1 aromatic heterocycles. The van der Waals surface area contributed by atoms with E-state index in [0.29, 0.717) is 6.04 Å². The van der Waals surface area contributed by atoms with Crippen LogP contribution < -0.4 is 5.32 Å². The van der Waals surface area contributed by atoms with Crippen LogP contribution in [0.5, 0.6) is 0 Å². The van der Waals surface area contributed by atoms with Gasteiger partial charge in [-0.1, -0.05) is 0 Å². The van der Waals surface area contributed by atoms with Crippen LogP contribution in [0.1, 0.15) is 30.1 Å². The molecule has 0 spiro atoms. The molecule has 18 heavy (non-hydrogen) atoms. The number of imidazole rings is 1. The van der Waals surface area contributed by atoms with Gasteiger partial charge in [0.25, 0.3) is 0 Å². The van der Waals surface area contributed by atoms with Crippen molar-refractivity contribution < 1.29 is 4.39 Å². The molecule has 1 fully saturated rings. The van der Waals surface area contributed by atoms with E-state index in [2.05, 4.69) is 14.9 Å². The van der Waals surface area contributed by atoms with Crippen molar-refractivity contribution in [3.63, 3.8) is 0 Å². The summed E-state index contributed by atoms with van der Waals surface area (Å²) in [5, 5.41) is 3.47. The van der Waals surface area contributed by atoms with Crippen LogP contribution in [0.4, 0.5) is 4.39 Å². The van der Waals surface area contributed by atoms with Gasteiger partial charge < -0.3 is 9.88 Å². The van der Waals surface area contributed by atoms with Crippen molar-refractivity contribution in [2.75, 3.05) is 6.54 Å². The molecule has 4 heteroatoms. The SMILES string of the molecule is Cc1cc(F)ccc1-n1cncc1[C@@H]1CCCN1. The highest BCUT2D eigenvalue weighted by Crippen LogP contribution is 2.26. The van der Waals surface area contributed by atoms with Crippen LogP contribution in [-0.4, -0.2) is 16.1 Å². The summed E-state index contributed by atoms with van der Waals surface area (Å²) in [7, 11) is 0. The van der Waals surface area contributed by atoms with Gasteiger partial charge in [0.1, 0.15) is 5.82 Å². The average molecular weight is 245 g/mol. The third kappa shape index (κ3) is 1.93. The predicted molar refractivity (Wildman–Crippen MR) is 68.2 cm³/mol. The predicted octanol–water partition coefficient (Wildman–Crippen LogP) is 2.74. The van der Waals surface area contributed by atoms with E-state index in [9.17, 15) is 4.39 Å². The molecule has 1 aromatic carbocycles. The van der Waals surface area contributed by atoms with Gasteiger partial charge in [0.2, 0.25) is 0 Å². The molecular weight excluding hydrogens is 229 g/mol. The number of nitrogens with zero attached hydrogens (tertiary/aromatic N) is 2. The number of aromatic nitrogens is 2. The van der Waals surface area contributed by atoms with Crippen molar-refractivity contribution >= 4 is 0 Å². The topological polar surface area (TPSA) is 29.9 Å². The van der Waals surface area contributed by atoms with Gasteiger partial charge in [0, 0.05) is 11.7 Å². The molecule has 0 saturated carbocycles. The summed E-state index contributed by atoms with van der Waals surface area (Å²) in [6.45, 7) is 2.97. The van der Waals surface area contributed by atoms with Crippen molar-refractivity contribution in [1.82, 2.24) is 14.9 Å². The summed E-state index contributed by atoms with van der Waals surface area (Å²) in [5.41, 5.74) is 3.08. The Morgan fingerprint density at radius 2 is 2.33 bits per heavy atom. The maximum absolute atomic E-state index is 13.2. The Hall–Kier alpha value is -1.68. The summed E-state index contributed by atoms with van der Waals surface area (Å²) in [6.07, 6.45) is 6.02. The van der Waals surface area contributed by atoms with E-state index in [1.807, 2.05) is 19.2 Å². The van der Waals surface area contributed by atoms with Gasteiger partial charge in [0.05, 0.1) is 18.2 Å². The minimum Gasteiger partial charge on any atom is -0.309 e. The van der Waals surface area contributed by atoms with E-state index in [0.717, 1.165) is 29.9 Å². The highest BCUT2D eigenvalue weighted by atomic mass is 19.1. The Balaban J connectivity index is 2.03. The zero-order valence-electron chi connectivity index (χ0n) is 10.4. The van der Waals surface area contributed by atoms with Crippen LogP contribution in [0.25, 0.3) is 5.69 Å². The van der Waals surface area contributed by atoms with Crippen molar-refractivity contribution in [2.24, 2.45) is 0 Å². The Bertz CT molecular complexity index is 556. The fourth-order valence-electron chi connectivity index (χ4n) is 2.59. The van der Waals surface area contributed by atoms with E-state index >= 15 is 0 Å². The second-order valence-corrected chi connectivity index (χ2v) is 4.77. The van der Waals surface area contributed by atoms with E-state index in [-0.39, 0.29) is 5.82 Å². The van der Waals surface area contributed by atoms with Gasteiger partial charge in [-0.3, -0.25) is 0 Å². The maximum atomic E-state index is 13.2. The fourth-order valence-corrected chi connectivity index (χ4v) is 2.59. The minimum absolute atomic E-state index is 0.197. The minimum atomic E-state index is -0.197. The molecule has 1 N–H and O–H groups in total. The molecule has 94 valence electrons. The lowest BCUT2D eigenvalue weighted by molar-refractivity contribution is 0.611. The quantitative estimate of drug-likeness (QED) is 0.881. The van der Waals surface area contributed by atoms with Gasteiger partial charge >= 0.3 is 0 Å². The van der Waals surface area contributed by atoms with Crippen molar-refractivity contribution in [1.29, 1.82) is 0 Å². The number of nitrogens with one attached hydrogen (secondary N) is 1. The van der Waals surface area contributed by atoms with Gasteiger partial charge in [-0.05, 0) is 50.1 Å². The smallest absolute Gasteiger partial charge is 0.123 e. The molecule has 0 amide bonds. The number of benzene rings is 1. The lowest BCUT2D eigenvalue weighted by Gasteiger charge is -2.15. The molecule has 0 bridgehead atoms. The van der Waals surface area contributed by atoms with E-state index in [1.165, 1.54) is 12.5 Å². The molecule has 3 nitrogen and oxygen atoms in total. The monoisotopic (exact) mass is 245 g/mol. The number of rotatable bonds is 2. The average Bonchev–Trinajstić information content (AvgIpc) is 2.98. The molecule has 0 radical (unpaired) electrons. The number of hydrogen-bond donors (Lipinski definition) is 1. The highest BCUT2D eigenvalue weighted by Gasteiger charge is 2.20.